The van der Waals surface area contributed by atoms with E-state index in [1.54, 1.807) is 13.8 Å². The Morgan fingerprint density at radius 3 is 2.29 bits per heavy atom. The summed E-state index contributed by atoms with van der Waals surface area (Å²) in [6, 6.07) is 0. The second-order valence-corrected chi connectivity index (χ2v) is 4.05. The summed E-state index contributed by atoms with van der Waals surface area (Å²) in [6.07, 6.45) is 8.34. The minimum Gasteiger partial charge on any atom is -0.480 e. The highest BCUT2D eigenvalue weighted by Crippen LogP contribution is 2.16. The second kappa shape index (κ2) is 7.72. The number of rotatable bonds is 8. The molecule has 0 aliphatic heterocycles. The molecular formula is C13H21NO3. The maximum absolute atomic E-state index is 11.6. The number of amides is 1. The summed E-state index contributed by atoms with van der Waals surface area (Å²) in [5, 5.41) is 11.8. The number of hydrogen-bond donors (Lipinski definition) is 2. The first kappa shape index (κ1) is 15.5. The zero-order valence-corrected chi connectivity index (χ0v) is 10.6. The molecule has 96 valence electrons. The quantitative estimate of drug-likeness (QED) is 0.502. The molecule has 0 spiro atoms. The van der Waals surface area contributed by atoms with Crippen molar-refractivity contribution in [3.63, 3.8) is 0 Å². The Morgan fingerprint density at radius 2 is 1.88 bits per heavy atom. The van der Waals surface area contributed by atoms with Crippen molar-refractivity contribution in [3.8, 4) is 12.3 Å². The SMILES string of the molecule is C#CCCCCC(=O)NC(CC)(CC)C(=O)O. The predicted octanol–water partition coefficient (Wildman–Crippen LogP) is 1.94. The smallest absolute Gasteiger partial charge is 0.329 e. The average molecular weight is 239 g/mol. The van der Waals surface area contributed by atoms with Crippen LogP contribution in [-0.2, 0) is 9.59 Å². The van der Waals surface area contributed by atoms with E-state index in [-0.39, 0.29) is 5.91 Å². The van der Waals surface area contributed by atoms with E-state index in [4.69, 9.17) is 11.5 Å². The van der Waals surface area contributed by atoms with Crippen LogP contribution in [0, 0.1) is 12.3 Å². The van der Waals surface area contributed by atoms with Gasteiger partial charge in [-0.25, -0.2) is 4.79 Å². The highest BCUT2D eigenvalue weighted by Gasteiger charge is 2.35. The molecule has 1 amide bonds. The minimum absolute atomic E-state index is 0.215. The lowest BCUT2D eigenvalue weighted by molar-refractivity contribution is -0.148. The van der Waals surface area contributed by atoms with Crippen molar-refractivity contribution in [1.82, 2.24) is 5.32 Å². The van der Waals surface area contributed by atoms with Crippen molar-refractivity contribution in [2.45, 2.75) is 57.9 Å². The topological polar surface area (TPSA) is 66.4 Å². The van der Waals surface area contributed by atoms with Crippen molar-refractivity contribution in [2.75, 3.05) is 0 Å². The third-order valence-corrected chi connectivity index (χ3v) is 2.97. The standard InChI is InChI=1S/C13H21NO3/c1-4-7-8-9-10-11(15)14-13(5-2,6-3)12(16)17/h1H,5-10H2,2-3H3,(H,14,15)(H,16,17). The first-order valence-corrected chi connectivity index (χ1v) is 6.00. The van der Waals surface area contributed by atoms with E-state index in [1.165, 1.54) is 0 Å². The van der Waals surface area contributed by atoms with Crippen molar-refractivity contribution in [3.05, 3.63) is 0 Å². The van der Waals surface area contributed by atoms with Crippen LogP contribution in [0.25, 0.3) is 0 Å². The summed E-state index contributed by atoms with van der Waals surface area (Å²) >= 11 is 0. The van der Waals surface area contributed by atoms with Gasteiger partial charge in [-0.2, -0.15) is 0 Å². The van der Waals surface area contributed by atoms with Gasteiger partial charge in [-0.15, -0.1) is 12.3 Å². The lowest BCUT2D eigenvalue weighted by Gasteiger charge is -2.28. The Labute approximate surface area is 103 Å². The van der Waals surface area contributed by atoms with Gasteiger partial charge in [-0.3, -0.25) is 4.79 Å². The lowest BCUT2D eigenvalue weighted by Crippen LogP contribution is -2.53. The van der Waals surface area contributed by atoms with E-state index >= 15 is 0 Å². The van der Waals surface area contributed by atoms with Gasteiger partial charge in [0.15, 0.2) is 0 Å². The number of terminal acetylenes is 1. The normalized spacial score (nSPS) is 10.6. The zero-order chi connectivity index (χ0) is 13.3. The minimum atomic E-state index is -1.12. The molecule has 0 aromatic heterocycles. The van der Waals surface area contributed by atoms with Gasteiger partial charge in [0.2, 0.25) is 5.91 Å². The molecule has 0 bridgehead atoms. The molecule has 0 heterocycles. The van der Waals surface area contributed by atoms with Crippen LogP contribution in [0.1, 0.15) is 52.4 Å². The number of carbonyl (C=O) groups is 2. The molecule has 0 aliphatic rings. The zero-order valence-electron chi connectivity index (χ0n) is 10.6. The van der Waals surface area contributed by atoms with E-state index in [0.29, 0.717) is 32.1 Å². The monoisotopic (exact) mass is 239 g/mol. The van der Waals surface area contributed by atoms with Gasteiger partial charge in [-0.05, 0) is 25.7 Å². The Hall–Kier alpha value is -1.50. The first-order valence-electron chi connectivity index (χ1n) is 6.00. The van der Waals surface area contributed by atoms with Crippen LogP contribution in [0.15, 0.2) is 0 Å². The Kier molecular flexibility index (Phi) is 7.04. The maximum atomic E-state index is 11.6. The van der Waals surface area contributed by atoms with Crippen molar-refractivity contribution >= 4 is 11.9 Å². The van der Waals surface area contributed by atoms with Crippen LogP contribution in [0.4, 0.5) is 0 Å². The summed E-state index contributed by atoms with van der Waals surface area (Å²) in [5.74, 6) is 1.32. The Bertz CT molecular complexity index is 300. The van der Waals surface area contributed by atoms with Gasteiger partial charge >= 0.3 is 5.97 Å². The number of nitrogens with one attached hydrogen (secondary N) is 1. The summed E-state index contributed by atoms with van der Waals surface area (Å²) < 4.78 is 0. The summed E-state index contributed by atoms with van der Waals surface area (Å²) in [5.41, 5.74) is -1.12. The molecule has 4 heteroatoms. The highest BCUT2D eigenvalue weighted by atomic mass is 16.4. The van der Waals surface area contributed by atoms with Crippen LogP contribution in [-0.4, -0.2) is 22.5 Å². The summed E-state index contributed by atoms with van der Waals surface area (Å²) in [4.78, 5) is 22.8. The number of carboxylic acid groups (broad SMARTS) is 1. The molecule has 0 unspecified atom stereocenters. The average Bonchev–Trinajstić information content (AvgIpc) is 2.31. The molecule has 0 atom stereocenters. The summed E-state index contributed by atoms with van der Waals surface area (Å²) in [6.45, 7) is 3.52. The fraction of sp³-hybridized carbons (Fsp3) is 0.692. The fourth-order valence-electron chi connectivity index (χ4n) is 1.62. The molecular weight excluding hydrogens is 218 g/mol. The lowest BCUT2D eigenvalue weighted by atomic mass is 9.92. The largest absolute Gasteiger partial charge is 0.480 e. The van der Waals surface area contributed by atoms with Crippen LogP contribution in [0.2, 0.25) is 0 Å². The third kappa shape index (κ3) is 4.90. The highest BCUT2D eigenvalue weighted by molar-refractivity contribution is 5.86. The molecule has 0 radical (unpaired) electrons. The van der Waals surface area contributed by atoms with E-state index in [2.05, 4.69) is 11.2 Å². The summed E-state index contributed by atoms with van der Waals surface area (Å²) in [7, 11) is 0. The van der Waals surface area contributed by atoms with Gasteiger partial charge in [0.05, 0.1) is 0 Å². The second-order valence-electron chi connectivity index (χ2n) is 4.05. The molecule has 0 saturated heterocycles. The first-order chi connectivity index (χ1) is 8.02. The molecule has 0 fully saturated rings. The van der Waals surface area contributed by atoms with Gasteiger partial charge in [0.1, 0.15) is 5.54 Å². The third-order valence-electron chi connectivity index (χ3n) is 2.97. The van der Waals surface area contributed by atoms with Gasteiger partial charge < -0.3 is 10.4 Å². The molecule has 2 N–H and O–H groups in total. The van der Waals surface area contributed by atoms with E-state index in [9.17, 15) is 9.59 Å². The molecule has 0 saturated carbocycles. The number of carbonyl (C=O) groups excluding carboxylic acids is 1. The maximum Gasteiger partial charge on any atom is 0.329 e. The van der Waals surface area contributed by atoms with Gasteiger partial charge in [-0.1, -0.05) is 13.8 Å². The number of unbranched alkanes of at least 4 members (excludes halogenated alkanes) is 2. The molecule has 0 rings (SSSR count). The van der Waals surface area contributed by atoms with Crippen molar-refractivity contribution in [1.29, 1.82) is 0 Å². The van der Waals surface area contributed by atoms with E-state index in [1.807, 2.05) is 0 Å². The molecule has 17 heavy (non-hydrogen) atoms. The van der Waals surface area contributed by atoms with Crippen molar-refractivity contribution in [2.24, 2.45) is 0 Å². The van der Waals surface area contributed by atoms with E-state index in [0.717, 1.165) is 6.42 Å². The van der Waals surface area contributed by atoms with E-state index < -0.39 is 11.5 Å². The predicted molar refractivity (Wildman–Crippen MR) is 66.4 cm³/mol. The number of aliphatic carboxylic acids is 1. The molecule has 0 aromatic rings. The van der Waals surface area contributed by atoms with Crippen LogP contribution in [0.5, 0.6) is 0 Å². The van der Waals surface area contributed by atoms with Crippen LogP contribution < -0.4 is 5.32 Å². The van der Waals surface area contributed by atoms with Gasteiger partial charge in [0, 0.05) is 12.8 Å². The van der Waals surface area contributed by atoms with Crippen molar-refractivity contribution < 1.29 is 14.7 Å². The molecule has 0 aliphatic carbocycles. The number of carboxylic acids is 1. The van der Waals surface area contributed by atoms with Gasteiger partial charge in [0.25, 0.3) is 0 Å². The fourth-order valence-corrected chi connectivity index (χ4v) is 1.62. The number of hydrogen-bond acceptors (Lipinski definition) is 2. The van der Waals surface area contributed by atoms with Crippen LogP contribution >= 0.6 is 0 Å². The molecule has 0 aromatic carbocycles. The Balaban J connectivity index is 4.24. The Morgan fingerprint density at radius 1 is 1.29 bits per heavy atom. The van der Waals surface area contributed by atoms with Crippen LogP contribution in [0.3, 0.4) is 0 Å². The molecule has 4 nitrogen and oxygen atoms in total.